The lowest BCUT2D eigenvalue weighted by Crippen LogP contribution is -1.99. The van der Waals surface area contributed by atoms with Crippen molar-refractivity contribution in [3.63, 3.8) is 0 Å². The summed E-state index contributed by atoms with van der Waals surface area (Å²) in [5.74, 6) is 0. The van der Waals surface area contributed by atoms with Crippen molar-refractivity contribution in [1.29, 1.82) is 0 Å². The number of rotatable bonds is 5. The minimum atomic E-state index is 0.774. The molecule has 0 amide bonds. The van der Waals surface area contributed by atoms with Crippen molar-refractivity contribution >= 4 is 0 Å². The molecule has 0 aromatic rings. The monoisotopic (exact) mass is 131 g/mol. The Hall–Kier alpha value is -0.0800. The molecule has 0 aromatic heterocycles. The van der Waals surface area contributed by atoms with E-state index < -0.39 is 0 Å². The lowest BCUT2D eigenvalue weighted by Gasteiger charge is -2.04. The van der Waals surface area contributed by atoms with Crippen LogP contribution in [-0.4, -0.2) is 20.3 Å². The van der Waals surface area contributed by atoms with E-state index in [0.717, 1.165) is 25.7 Å². The van der Waals surface area contributed by atoms with Crippen LogP contribution in [0.25, 0.3) is 0 Å². The highest BCUT2D eigenvalue weighted by Gasteiger charge is 1.91. The first kappa shape index (κ1) is 8.92. The predicted molar refractivity (Wildman–Crippen MR) is 37.0 cm³/mol. The summed E-state index contributed by atoms with van der Waals surface area (Å²) < 4.78 is 10.0. The standard InChI is InChI=1S/C7H15O2/c1-7(2)9-6-4-5-8-3/h4-6H2,1-3H3. The Morgan fingerprint density at radius 3 is 2.33 bits per heavy atom. The van der Waals surface area contributed by atoms with Gasteiger partial charge in [-0.15, -0.1) is 0 Å². The first-order valence-corrected chi connectivity index (χ1v) is 3.19. The van der Waals surface area contributed by atoms with Crippen LogP contribution in [-0.2, 0) is 9.47 Å². The highest BCUT2D eigenvalue weighted by molar-refractivity contribution is 4.59. The van der Waals surface area contributed by atoms with Crippen molar-refractivity contribution in [2.75, 3.05) is 20.3 Å². The maximum Gasteiger partial charge on any atom is 0.0909 e. The van der Waals surface area contributed by atoms with Gasteiger partial charge in [-0.25, -0.2) is 0 Å². The predicted octanol–water partition coefficient (Wildman–Crippen LogP) is 1.61. The van der Waals surface area contributed by atoms with Gasteiger partial charge in [0.25, 0.3) is 0 Å². The highest BCUT2D eigenvalue weighted by Crippen LogP contribution is 1.97. The van der Waals surface area contributed by atoms with Gasteiger partial charge < -0.3 is 9.47 Å². The van der Waals surface area contributed by atoms with E-state index >= 15 is 0 Å². The fourth-order valence-corrected chi connectivity index (χ4v) is 0.480. The maximum atomic E-state index is 5.18. The highest BCUT2D eigenvalue weighted by atomic mass is 16.5. The zero-order valence-electron chi connectivity index (χ0n) is 6.44. The fourth-order valence-electron chi connectivity index (χ4n) is 0.480. The van der Waals surface area contributed by atoms with Gasteiger partial charge in [0, 0.05) is 20.3 Å². The van der Waals surface area contributed by atoms with Crippen LogP contribution in [0.5, 0.6) is 0 Å². The van der Waals surface area contributed by atoms with Crippen LogP contribution in [0.1, 0.15) is 20.3 Å². The van der Waals surface area contributed by atoms with Crippen molar-refractivity contribution in [3.05, 3.63) is 6.10 Å². The van der Waals surface area contributed by atoms with Crippen LogP contribution in [0.3, 0.4) is 0 Å². The minimum absolute atomic E-state index is 0.774. The van der Waals surface area contributed by atoms with Crippen molar-refractivity contribution in [1.82, 2.24) is 0 Å². The zero-order valence-corrected chi connectivity index (χ0v) is 6.44. The molecule has 0 aliphatic carbocycles. The molecule has 0 bridgehead atoms. The van der Waals surface area contributed by atoms with Gasteiger partial charge in [-0.3, -0.25) is 0 Å². The van der Waals surface area contributed by atoms with Crippen LogP contribution < -0.4 is 0 Å². The van der Waals surface area contributed by atoms with Crippen LogP contribution in [0.15, 0.2) is 0 Å². The molecular weight excluding hydrogens is 116 g/mol. The van der Waals surface area contributed by atoms with E-state index in [4.69, 9.17) is 9.47 Å². The van der Waals surface area contributed by atoms with E-state index in [0.29, 0.717) is 0 Å². The van der Waals surface area contributed by atoms with Gasteiger partial charge in [0.1, 0.15) is 0 Å². The Balaban J connectivity index is 2.75. The maximum absolute atomic E-state index is 5.18. The van der Waals surface area contributed by atoms with E-state index in [9.17, 15) is 0 Å². The normalized spacial score (nSPS) is 10.7. The fraction of sp³-hybridized carbons (Fsp3) is 0.857. The van der Waals surface area contributed by atoms with Crippen LogP contribution in [0, 0.1) is 6.10 Å². The molecular formula is C7H15O2. The Bertz CT molecular complexity index is 52.9. The van der Waals surface area contributed by atoms with Crippen molar-refractivity contribution in [2.45, 2.75) is 20.3 Å². The van der Waals surface area contributed by atoms with Crippen molar-refractivity contribution in [2.24, 2.45) is 0 Å². The SMILES string of the molecule is COCCCO[C](C)C. The Morgan fingerprint density at radius 2 is 1.89 bits per heavy atom. The third-order valence-electron chi connectivity index (χ3n) is 0.884. The van der Waals surface area contributed by atoms with E-state index in [2.05, 4.69) is 0 Å². The molecule has 2 heteroatoms. The van der Waals surface area contributed by atoms with Gasteiger partial charge in [0.05, 0.1) is 6.10 Å². The summed E-state index contributed by atoms with van der Waals surface area (Å²) in [6, 6.07) is 0. The number of methoxy groups -OCH3 is 1. The van der Waals surface area contributed by atoms with Gasteiger partial charge in [0.2, 0.25) is 0 Å². The van der Waals surface area contributed by atoms with E-state index in [1.54, 1.807) is 7.11 Å². The molecule has 0 saturated carbocycles. The average molecular weight is 131 g/mol. The van der Waals surface area contributed by atoms with Crippen molar-refractivity contribution < 1.29 is 9.47 Å². The van der Waals surface area contributed by atoms with Gasteiger partial charge in [-0.2, -0.15) is 0 Å². The number of ether oxygens (including phenoxy) is 2. The summed E-state index contributed by atoms with van der Waals surface area (Å²) in [5.41, 5.74) is 0. The molecule has 0 spiro atoms. The second kappa shape index (κ2) is 6.05. The quantitative estimate of drug-likeness (QED) is 0.528. The molecule has 0 N–H and O–H groups in total. The second-order valence-electron chi connectivity index (χ2n) is 2.10. The summed E-state index contributed by atoms with van der Waals surface area (Å²) in [4.78, 5) is 0. The third-order valence-corrected chi connectivity index (χ3v) is 0.884. The molecule has 0 aliphatic heterocycles. The number of hydrogen-bond donors (Lipinski definition) is 0. The van der Waals surface area contributed by atoms with Crippen LogP contribution in [0.4, 0.5) is 0 Å². The Kier molecular flexibility index (Phi) is 5.99. The molecule has 1 radical (unpaired) electrons. The minimum Gasteiger partial charge on any atom is -0.385 e. The largest absolute Gasteiger partial charge is 0.385 e. The average Bonchev–Trinajstić information content (AvgIpc) is 1.80. The molecule has 0 aliphatic rings. The van der Waals surface area contributed by atoms with Gasteiger partial charge >= 0.3 is 0 Å². The smallest absolute Gasteiger partial charge is 0.0909 e. The molecule has 2 nitrogen and oxygen atoms in total. The van der Waals surface area contributed by atoms with Crippen LogP contribution in [0.2, 0.25) is 0 Å². The summed E-state index contributed by atoms with van der Waals surface area (Å²) in [5, 5.41) is 0. The number of hydrogen-bond acceptors (Lipinski definition) is 2. The molecule has 55 valence electrons. The molecule has 0 fully saturated rings. The Morgan fingerprint density at radius 1 is 1.22 bits per heavy atom. The third kappa shape index (κ3) is 7.92. The van der Waals surface area contributed by atoms with E-state index in [1.165, 1.54) is 0 Å². The topological polar surface area (TPSA) is 18.5 Å². The zero-order chi connectivity index (χ0) is 7.11. The van der Waals surface area contributed by atoms with Gasteiger partial charge in [0.15, 0.2) is 0 Å². The summed E-state index contributed by atoms with van der Waals surface area (Å²) in [7, 11) is 1.70. The molecule has 0 heterocycles. The molecule has 0 aromatic carbocycles. The molecule has 0 atom stereocenters. The summed E-state index contributed by atoms with van der Waals surface area (Å²) >= 11 is 0. The van der Waals surface area contributed by atoms with Gasteiger partial charge in [-0.1, -0.05) is 0 Å². The molecule has 9 heavy (non-hydrogen) atoms. The molecule has 0 saturated heterocycles. The lowest BCUT2D eigenvalue weighted by molar-refractivity contribution is 0.117. The van der Waals surface area contributed by atoms with Crippen molar-refractivity contribution in [3.8, 4) is 0 Å². The second-order valence-corrected chi connectivity index (χ2v) is 2.10. The Labute approximate surface area is 57.2 Å². The molecule has 0 unspecified atom stereocenters. The lowest BCUT2D eigenvalue weighted by atomic mass is 10.4. The van der Waals surface area contributed by atoms with E-state index in [1.807, 2.05) is 13.8 Å². The van der Waals surface area contributed by atoms with Gasteiger partial charge in [-0.05, 0) is 20.3 Å². The van der Waals surface area contributed by atoms with E-state index in [-0.39, 0.29) is 0 Å². The summed E-state index contributed by atoms with van der Waals surface area (Å²) in [6.07, 6.45) is 1.99. The molecule has 0 rings (SSSR count). The van der Waals surface area contributed by atoms with Crippen LogP contribution >= 0.6 is 0 Å². The first-order chi connectivity index (χ1) is 4.27. The first-order valence-electron chi connectivity index (χ1n) is 3.19. The summed E-state index contributed by atoms with van der Waals surface area (Å²) in [6.45, 7) is 5.46.